The summed E-state index contributed by atoms with van der Waals surface area (Å²) < 4.78 is 12.9. The standard InChI is InChI=1S/C16H15FN2O2/c17-13-4-2-11(3-5-13)15(20)8-10-1-6-14-12(7-10)9-16(21)19-18-14/h2-5,9-10H,1,6-8H2,(H,19,21). The Bertz CT molecular complexity index is 722. The Labute approximate surface area is 121 Å². The van der Waals surface area contributed by atoms with E-state index in [1.54, 1.807) is 6.07 Å². The molecule has 0 radical (unpaired) electrons. The summed E-state index contributed by atoms with van der Waals surface area (Å²) in [5, 5.41) is 6.47. The van der Waals surface area contributed by atoms with Crippen LogP contribution in [0.15, 0.2) is 35.1 Å². The monoisotopic (exact) mass is 286 g/mol. The Hall–Kier alpha value is -2.30. The van der Waals surface area contributed by atoms with Gasteiger partial charge < -0.3 is 0 Å². The summed E-state index contributed by atoms with van der Waals surface area (Å²) in [4.78, 5) is 23.5. The van der Waals surface area contributed by atoms with Gasteiger partial charge in [0.2, 0.25) is 0 Å². The number of nitrogens with one attached hydrogen (secondary N) is 1. The van der Waals surface area contributed by atoms with E-state index in [2.05, 4.69) is 10.2 Å². The molecular weight excluding hydrogens is 271 g/mol. The molecule has 2 aromatic rings. The van der Waals surface area contributed by atoms with Gasteiger partial charge in [-0.25, -0.2) is 9.49 Å². The van der Waals surface area contributed by atoms with Crippen molar-refractivity contribution in [2.45, 2.75) is 25.7 Å². The Kier molecular flexibility index (Phi) is 3.64. The Balaban J connectivity index is 1.70. The van der Waals surface area contributed by atoms with Crippen LogP contribution in [0.3, 0.4) is 0 Å². The molecule has 1 heterocycles. The topological polar surface area (TPSA) is 62.8 Å². The largest absolute Gasteiger partial charge is 0.294 e. The lowest BCUT2D eigenvalue weighted by Crippen LogP contribution is -2.22. The number of aromatic nitrogens is 2. The van der Waals surface area contributed by atoms with Gasteiger partial charge in [0.25, 0.3) is 5.56 Å². The zero-order chi connectivity index (χ0) is 14.8. The fourth-order valence-corrected chi connectivity index (χ4v) is 2.81. The van der Waals surface area contributed by atoms with Crippen LogP contribution in [0.1, 0.15) is 34.5 Å². The summed E-state index contributed by atoms with van der Waals surface area (Å²) in [6.45, 7) is 0. The predicted molar refractivity (Wildman–Crippen MR) is 75.7 cm³/mol. The smallest absolute Gasteiger partial charge is 0.264 e. The van der Waals surface area contributed by atoms with Gasteiger partial charge in [-0.05, 0) is 55.0 Å². The molecule has 21 heavy (non-hydrogen) atoms. The molecule has 1 atom stereocenters. The maximum absolute atomic E-state index is 12.9. The van der Waals surface area contributed by atoms with E-state index >= 15 is 0 Å². The van der Waals surface area contributed by atoms with Crippen LogP contribution >= 0.6 is 0 Å². The molecule has 0 aliphatic heterocycles. The molecule has 0 saturated carbocycles. The van der Waals surface area contributed by atoms with Crippen molar-refractivity contribution in [2.75, 3.05) is 0 Å². The first kappa shape index (κ1) is 13.7. The quantitative estimate of drug-likeness (QED) is 0.880. The van der Waals surface area contributed by atoms with E-state index in [4.69, 9.17) is 0 Å². The zero-order valence-corrected chi connectivity index (χ0v) is 11.4. The Morgan fingerprint density at radius 2 is 2.10 bits per heavy atom. The van der Waals surface area contributed by atoms with Crippen LogP contribution in [0.5, 0.6) is 0 Å². The lowest BCUT2D eigenvalue weighted by molar-refractivity contribution is 0.0957. The maximum Gasteiger partial charge on any atom is 0.264 e. The van der Waals surface area contributed by atoms with Gasteiger partial charge in [-0.2, -0.15) is 5.10 Å². The molecule has 1 unspecified atom stereocenters. The normalized spacial score (nSPS) is 17.3. The van der Waals surface area contributed by atoms with E-state index < -0.39 is 0 Å². The summed E-state index contributed by atoms with van der Waals surface area (Å²) >= 11 is 0. The minimum atomic E-state index is -0.344. The zero-order valence-electron chi connectivity index (χ0n) is 11.4. The average molecular weight is 286 g/mol. The summed E-state index contributed by atoms with van der Waals surface area (Å²) in [7, 11) is 0. The number of aromatic amines is 1. The number of Topliss-reactive ketones (excluding diaryl/α,β-unsaturated/α-hetero) is 1. The number of hydrogen-bond acceptors (Lipinski definition) is 3. The van der Waals surface area contributed by atoms with Crippen LogP contribution in [-0.4, -0.2) is 16.0 Å². The number of rotatable bonds is 3. The summed E-state index contributed by atoms with van der Waals surface area (Å²) in [6.07, 6.45) is 2.75. The van der Waals surface area contributed by atoms with E-state index in [-0.39, 0.29) is 23.1 Å². The lowest BCUT2D eigenvalue weighted by atomic mass is 9.83. The van der Waals surface area contributed by atoms with Gasteiger partial charge in [-0.1, -0.05) is 0 Å². The van der Waals surface area contributed by atoms with Crippen molar-refractivity contribution in [3.8, 4) is 0 Å². The number of fused-ring (bicyclic) bond motifs is 1. The molecule has 1 aliphatic rings. The van der Waals surface area contributed by atoms with E-state index in [0.717, 1.165) is 24.1 Å². The molecule has 0 amide bonds. The highest BCUT2D eigenvalue weighted by atomic mass is 19.1. The molecule has 0 bridgehead atoms. The fourth-order valence-electron chi connectivity index (χ4n) is 2.81. The van der Waals surface area contributed by atoms with E-state index in [1.807, 2.05) is 0 Å². The first-order valence-electron chi connectivity index (χ1n) is 6.98. The third-order valence-corrected chi connectivity index (χ3v) is 3.92. The molecule has 108 valence electrons. The van der Waals surface area contributed by atoms with Gasteiger partial charge >= 0.3 is 0 Å². The van der Waals surface area contributed by atoms with Crippen molar-refractivity contribution in [3.63, 3.8) is 0 Å². The Morgan fingerprint density at radius 1 is 1.33 bits per heavy atom. The summed E-state index contributed by atoms with van der Waals surface area (Å²) in [5.41, 5.74) is 2.17. The SMILES string of the molecule is O=C(CC1CCc2n[nH]c(=O)cc2C1)c1ccc(F)cc1. The second-order valence-corrected chi connectivity index (χ2v) is 5.45. The molecule has 3 rings (SSSR count). The third kappa shape index (κ3) is 3.07. The molecule has 5 heteroatoms. The molecule has 1 N–H and O–H groups in total. The average Bonchev–Trinajstić information content (AvgIpc) is 2.47. The molecule has 1 aromatic carbocycles. The van der Waals surface area contributed by atoms with Crippen molar-refractivity contribution in [1.82, 2.24) is 10.2 Å². The summed E-state index contributed by atoms with van der Waals surface area (Å²) in [6, 6.07) is 7.19. The van der Waals surface area contributed by atoms with Crippen LogP contribution in [-0.2, 0) is 12.8 Å². The molecule has 1 aliphatic carbocycles. The number of hydrogen-bond donors (Lipinski definition) is 1. The molecule has 4 nitrogen and oxygen atoms in total. The number of carbonyl (C=O) groups excluding carboxylic acids is 1. The molecule has 0 fully saturated rings. The highest BCUT2D eigenvalue weighted by Crippen LogP contribution is 2.26. The first-order valence-corrected chi connectivity index (χ1v) is 6.98. The first-order chi connectivity index (χ1) is 10.1. The van der Waals surface area contributed by atoms with Gasteiger partial charge in [0.05, 0.1) is 5.69 Å². The number of carbonyl (C=O) groups is 1. The van der Waals surface area contributed by atoms with Gasteiger partial charge in [0.15, 0.2) is 5.78 Å². The minimum absolute atomic E-state index is 0.0150. The molecular formula is C16H15FN2O2. The van der Waals surface area contributed by atoms with Crippen molar-refractivity contribution in [3.05, 3.63) is 63.3 Å². The number of ketones is 1. The van der Waals surface area contributed by atoms with Crippen molar-refractivity contribution in [2.24, 2.45) is 5.92 Å². The summed E-state index contributed by atoms with van der Waals surface area (Å²) in [5.74, 6) is -0.122. The van der Waals surface area contributed by atoms with Crippen LogP contribution in [0, 0.1) is 11.7 Å². The number of benzene rings is 1. The molecule has 1 aromatic heterocycles. The second-order valence-electron chi connectivity index (χ2n) is 5.45. The lowest BCUT2D eigenvalue weighted by Gasteiger charge is -2.22. The van der Waals surface area contributed by atoms with Crippen molar-refractivity contribution >= 4 is 5.78 Å². The van der Waals surface area contributed by atoms with Crippen LogP contribution < -0.4 is 5.56 Å². The fraction of sp³-hybridized carbons (Fsp3) is 0.312. The molecule has 0 saturated heterocycles. The number of aryl methyl sites for hydroxylation is 1. The second kappa shape index (κ2) is 5.60. The number of nitrogens with zero attached hydrogens (tertiary/aromatic N) is 1. The Morgan fingerprint density at radius 3 is 2.86 bits per heavy atom. The predicted octanol–water partition coefficient (Wildman–Crippen LogP) is 2.29. The molecule has 0 spiro atoms. The highest BCUT2D eigenvalue weighted by molar-refractivity contribution is 5.96. The number of H-pyrrole nitrogens is 1. The van der Waals surface area contributed by atoms with E-state index in [0.29, 0.717) is 18.4 Å². The van der Waals surface area contributed by atoms with Gasteiger partial charge in [0, 0.05) is 18.1 Å². The van der Waals surface area contributed by atoms with Gasteiger partial charge in [-0.15, -0.1) is 0 Å². The van der Waals surface area contributed by atoms with E-state index in [9.17, 15) is 14.0 Å². The van der Waals surface area contributed by atoms with Crippen LogP contribution in [0.2, 0.25) is 0 Å². The number of halogens is 1. The third-order valence-electron chi connectivity index (χ3n) is 3.92. The van der Waals surface area contributed by atoms with Crippen molar-refractivity contribution in [1.29, 1.82) is 0 Å². The highest BCUT2D eigenvalue weighted by Gasteiger charge is 2.22. The maximum atomic E-state index is 12.9. The minimum Gasteiger partial charge on any atom is -0.294 e. The van der Waals surface area contributed by atoms with Crippen LogP contribution in [0.4, 0.5) is 4.39 Å². The van der Waals surface area contributed by atoms with Crippen LogP contribution in [0.25, 0.3) is 0 Å². The van der Waals surface area contributed by atoms with Gasteiger partial charge in [0.1, 0.15) is 5.82 Å². The van der Waals surface area contributed by atoms with Gasteiger partial charge in [-0.3, -0.25) is 9.59 Å². The van der Waals surface area contributed by atoms with E-state index in [1.165, 1.54) is 24.3 Å². The van der Waals surface area contributed by atoms with Crippen molar-refractivity contribution < 1.29 is 9.18 Å².